The molecule has 0 unspecified atom stereocenters. The molecule has 0 bridgehead atoms. The second kappa shape index (κ2) is 4.55. The lowest BCUT2D eigenvalue weighted by Crippen LogP contribution is -2.14. The van der Waals surface area contributed by atoms with Gasteiger partial charge in [0.1, 0.15) is 5.75 Å². The summed E-state index contributed by atoms with van der Waals surface area (Å²) in [6.45, 7) is 0.595. The second-order valence-electron chi connectivity index (χ2n) is 3.84. The van der Waals surface area contributed by atoms with Gasteiger partial charge in [0.15, 0.2) is 0 Å². The lowest BCUT2D eigenvalue weighted by molar-refractivity contribution is 0.415. The number of aromatic amines is 1. The van der Waals surface area contributed by atoms with Crippen molar-refractivity contribution < 1.29 is 4.74 Å². The SMILES string of the molecule is COc1ccc2[nH]cc([C@H](N)CCN)c2c1. The Balaban J connectivity index is 2.45. The van der Waals surface area contributed by atoms with Crippen molar-refractivity contribution in [1.82, 2.24) is 4.98 Å². The third kappa shape index (κ3) is 1.89. The van der Waals surface area contributed by atoms with E-state index in [0.29, 0.717) is 6.54 Å². The predicted molar refractivity (Wildman–Crippen MR) is 65.5 cm³/mol. The lowest BCUT2D eigenvalue weighted by atomic mass is 10.0. The van der Waals surface area contributed by atoms with E-state index < -0.39 is 0 Å². The molecule has 0 aliphatic carbocycles. The third-order valence-electron chi connectivity index (χ3n) is 2.80. The number of aromatic nitrogens is 1. The highest BCUT2D eigenvalue weighted by Gasteiger charge is 2.11. The quantitative estimate of drug-likeness (QED) is 0.729. The molecule has 4 nitrogen and oxygen atoms in total. The van der Waals surface area contributed by atoms with Crippen LogP contribution in [-0.4, -0.2) is 18.6 Å². The Labute approximate surface area is 94.6 Å². The van der Waals surface area contributed by atoms with Crippen LogP contribution in [0.25, 0.3) is 10.9 Å². The Morgan fingerprint density at radius 2 is 2.25 bits per heavy atom. The normalized spacial score (nSPS) is 12.9. The molecule has 4 heteroatoms. The van der Waals surface area contributed by atoms with Crippen LogP contribution in [0.1, 0.15) is 18.0 Å². The number of H-pyrrole nitrogens is 1. The van der Waals surface area contributed by atoms with Gasteiger partial charge >= 0.3 is 0 Å². The minimum absolute atomic E-state index is 0.0224. The van der Waals surface area contributed by atoms with Crippen molar-refractivity contribution in [3.63, 3.8) is 0 Å². The number of ether oxygens (including phenoxy) is 1. The summed E-state index contributed by atoms with van der Waals surface area (Å²) < 4.78 is 5.21. The number of rotatable bonds is 4. The van der Waals surface area contributed by atoms with Gasteiger partial charge in [-0.1, -0.05) is 0 Å². The van der Waals surface area contributed by atoms with E-state index in [1.807, 2.05) is 24.4 Å². The van der Waals surface area contributed by atoms with E-state index in [-0.39, 0.29) is 6.04 Å². The van der Waals surface area contributed by atoms with Crippen molar-refractivity contribution in [3.05, 3.63) is 30.0 Å². The summed E-state index contributed by atoms with van der Waals surface area (Å²) in [6.07, 6.45) is 2.73. The lowest BCUT2D eigenvalue weighted by Gasteiger charge is -2.09. The summed E-state index contributed by atoms with van der Waals surface area (Å²) >= 11 is 0. The first-order valence-electron chi connectivity index (χ1n) is 5.37. The van der Waals surface area contributed by atoms with E-state index >= 15 is 0 Å². The fraction of sp³-hybridized carbons (Fsp3) is 0.333. The largest absolute Gasteiger partial charge is 0.497 e. The van der Waals surface area contributed by atoms with E-state index in [2.05, 4.69) is 4.98 Å². The molecule has 86 valence electrons. The van der Waals surface area contributed by atoms with E-state index in [1.54, 1.807) is 7.11 Å². The molecule has 0 aliphatic rings. The third-order valence-corrected chi connectivity index (χ3v) is 2.80. The molecule has 2 aromatic rings. The number of methoxy groups -OCH3 is 1. The maximum Gasteiger partial charge on any atom is 0.119 e. The van der Waals surface area contributed by atoms with Gasteiger partial charge in [-0.05, 0) is 36.7 Å². The van der Waals surface area contributed by atoms with Crippen LogP contribution in [0.3, 0.4) is 0 Å². The number of nitrogens with one attached hydrogen (secondary N) is 1. The molecule has 0 amide bonds. The maximum atomic E-state index is 6.07. The van der Waals surface area contributed by atoms with Gasteiger partial charge in [-0.15, -0.1) is 0 Å². The molecular formula is C12H17N3O. The summed E-state index contributed by atoms with van der Waals surface area (Å²) in [5, 5.41) is 1.11. The molecule has 16 heavy (non-hydrogen) atoms. The van der Waals surface area contributed by atoms with Crippen LogP contribution in [0.4, 0.5) is 0 Å². The molecule has 1 aromatic carbocycles. The standard InChI is InChI=1S/C12H17N3O/c1-16-8-2-3-12-9(6-8)10(7-15-12)11(14)4-5-13/h2-3,6-7,11,15H,4-5,13-14H2,1H3/t11-/m1/s1. The van der Waals surface area contributed by atoms with Gasteiger partial charge < -0.3 is 21.2 Å². The molecule has 1 atom stereocenters. The van der Waals surface area contributed by atoms with Crippen molar-refractivity contribution in [3.8, 4) is 5.75 Å². The molecule has 0 saturated heterocycles. The summed E-state index contributed by atoms with van der Waals surface area (Å²) in [7, 11) is 1.66. The van der Waals surface area contributed by atoms with Crippen LogP contribution >= 0.6 is 0 Å². The smallest absolute Gasteiger partial charge is 0.119 e. The average Bonchev–Trinajstić information content (AvgIpc) is 2.71. The zero-order chi connectivity index (χ0) is 11.5. The molecule has 0 spiro atoms. The predicted octanol–water partition coefficient (Wildman–Crippen LogP) is 1.53. The minimum atomic E-state index is -0.0224. The first-order chi connectivity index (χ1) is 7.76. The fourth-order valence-corrected chi connectivity index (χ4v) is 1.89. The Morgan fingerprint density at radius 3 is 2.94 bits per heavy atom. The summed E-state index contributed by atoms with van der Waals surface area (Å²) in [6, 6.07) is 5.90. The van der Waals surface area contributed by atoms with Crippen LogP contribution in [0, 0.1) is 0 Å². The van der Waals surface area contributed by atoms with E-state index in [0.717, 1.165) is 28.6 Å². The molecular weight excluding hydrogens is 202 g/mol. The molecule has 0 aliphatic heterocycles. The van der Waals surface area contributed by atoms with Crippen molar-refractivity contribution in [2.45, 2.75) is 12.5 Å². The van der Waals surface area contributed by atoms with Crippen LogP contribution in [0.15, 0.2) is 24.4 Å². The van der Waals surface area contributed by atoms with E-state index in [9.17, 15) is 0 Å². The Bertz CT molecular complexity index is 478. The van der Waals surface area contributed by atoms with Crippen LogP contribution in [-0.2, 0) is 0 Å². The van der Waals surface area contributed by atoms with Gasteiger partial charge in [0.05, 0.1) is 7.11 Å². The van der Waals surface area contributed by atoms with E-state index in [4.69, 9.17) is 16.2 Å². The van der Waals surface area contributed by atoms with Crippen molar-refractivity contribution >= 4 is 10.9 Å². The molecule has 0 saturated carbocycles. The number of hydrogen-bond donors (Lipinski definition) is 3. The molecule has 0 fully saturated rings. The summed E-state index contributed by atoms with van der Waals surface area (Å²) in [5.74, 6) is 0.841. The van der Waals surface area contributed by atoms with Crippen molar-refractivity contribution in [1.29, 1.82) is 0 Å². The van der Waals surface area contributed by atoms with Gasteiger partial charge in [0.2, 0.25) is 0 Å². The van der Waals surface area contributed by atoms with Crippen molar-refractivity contribution in [2.75, 3.05) is 13.7 Å². The van der Waals surface area contributed by atoms with Crippen LogP contribution < -0.4 is 16.2 Å². The zero-order valence-corrected chi connectivity index (χ0v) is 9.36. The molecule has 2 rings (SSSR count). The number of nitrogens with two attached hydrogens (primary N) is 2. The van der Waals surface area contributed by atoms with Crippen LogP contribution in [0.5, 0.6) is 5.75 Å². The highest BCUT2D eigenvalue weighted by Crippen LogP contribution is 2.27. The van der Waals surface area contributed by atoms with Gasteiger partial charge in [-0.25, -0.2) is 0 Å². The average molecular weight is 219 g/mol. The molecule has 1 heterocycles. The molecule has 5 N–H and O–H groups in total. The number of benzene rings is 1. The summed E-state index contributed by atoms with van der Waals surface area (Å²) in [4.78, 5) is 3.20. The Kier molecular flexibility index (Phi) is 3.12. The van der Waals surface area contributed by atoms with Gasteiger partial charge in [0.25, 0.3) is 0 Å². The zero-order valence-electron chi connectivity index (χ0n) is 9.36. The van der Waals surface area contributed by atoms with Gasteiger partial charge in [-0.3, -0.25) is 0 Å². The number of fused-ring (bicyclic) bond motifs is 1. The van der Waals surface area contributed by atoms with Crippen molar-refractivity contribution in [2.24, 2.45) is 11.5 Å². The molecule has 0 radical (unpaired) electrons. The topological polar surface area (TPSA) is 77.1 Å². The monoisotopic (exact) mass is 219 g/mol. The Hall–Kier alpha value is -1.52. The van der Waals surface area contributed by atoms with E-state index in [1.165, 1.54) is 0 Å². The summed E-state index contributed by atoms with van der Waals surface area (Å²) in [5.41, 5.74) is 13.8. The molecule has 1 aromatic heterocycles. The minimum Gasteiger partial charge on any atom is -0.497 e. The highest BCUT2D eigenvalue weighted by molar-refractivity contribution is 5.85. The second-order valence-corrected chi connectivity index (χ2v) is 3.84. The maximum absolute atomic E-state index is 6.07. The van der Waals surface area contributed by atoms with Gasteiger partial charge in [0, 0.05) is 23.1 Å². The highest BCUT2D eigenvalue weighted by atomic mass is 16.5. The fourth-order valence-electron chi connectivity index (χ4n) is 1.89. The Morgan fingerprint density at radius 1 is 1.44 bits per heavy atom. The first kappa shape index (κ1) is 11.0. The first-order valence-corrected chi connectivity index (χ1v) is 5.37. The van der Waals surface area contributed by atoms with Crippen LogP contribution in [0.2, 0.25) is 0 Å². The number of hydrogen-bond acceptors (Lipinski definition) is 3. The van der Waals surface area contributed by atoms with Gasteiger partial charge in [-0.2, -0.15) is 0 Å².